The summed E-state index contributed by atoms with van der Waals surface area (Å²) >= 11 is 9.65. The number of benzene rings is 1. The highest BCUT2D eigenvalue weighted by atomic mass is 35.5. The molecule has 144 valence electrons. The van der Waals surface area contributed by atoms with Crippen molar-refractivity contribution in [1.82, 2.24) is 9.80 Å². The van der Waals surface area contributed by atoms with Crippen LogP contribution in [-0.4, -0.2) is 52.7 Å². The maximum atomic E-state index is 12.1. The smallest absolute Gasteiger partial charge is 0.410 e. The van der Waals surface area contributed by atoms with Crippen molar-refractivity contribution in [2.75, 3.05) is 7.05 Å². The lowest BCUT2D eigenvalue weighted by molar-refractivity contribution is -0.159. The van der Waals surface area contributed by atoms with Crippen LogP contribution in [0, 0.1) is 0 Å². The third-order valence-corrected chi connectivity index (χ3v) is 6.05. The topological polar surface area (TPSA) is 32.8 Å². The Kier molecular flexibility index (Phi) is 5.80. The second-order valence-corrected chi connectivity index (χ2v) is 9.53. The molecule has 4 nitrogen and oxygen atoms in total. The Morgan fingerprint density at radius 1 is 1.12 bits per heavy atom. The van der Waals surface area contributed by atoms with Crippen molar-refractivity contribution >= 4 is 30.3 Å². The maximum Gasteiger partial charge on any atom is 0.410 e. The molecule has 3 aliphatic rings. The molecule has 0 radical (unpaired) electrons. The van der Waals surface area contributed by atoms with Gasteiger partial charge in [0.15, 0.2) is 0 Å². The van der Waals surface area contributed by atoms with Gasteiger partial charge in [-0.05, 0) is 70.7 Å². The summed E-state index contributed by atoms with van der Waals surface area (Å²) in [5, 5.41) is 0.753. The quantitative estimate of drug-likeness (QED) is 0.688. The molecule has 0 aromatic heterocycles. The number of rotatable bonds is 1. The van der Waals surface area contributed by atoms with E-state index >= 15 is 0 Å². The molecule has 3 saturated heterocycles. The van der Waals surface area contributed by atoms with Gasteiger partial charge in [-0.1, -0.05) is 11.6 Å². The SMILES string of the molecule is CN(C(=O)OC(C)(C)C)C1CC2CC3CC(C1)N23.Sc1ccc(Cl)cc1. The lowest BCUT2D eigenvalue weighted by Gasteiger charge is -2.66. The fourth-order valence-corrected chi connectivity index (χ4v) is 4.51. The van der Waals surface area contributed by atoms with E-state index in [0.29, 0.717) is 6.04 Å². The van der Waals surface area contributed by atoms with Crippen molar-refractivity contribution in [1.29, 1.82) is 0 Å². The van der Waals surface area contributed by atoms with Gasteiger partial charge in [-0.25, -0.2) is 4.79 Å². The summed E-state index contributed by atoms with van der Waals surface area (Å²) < 4.78 is 5.45. The van der Waals surface area contributed by atoms with Crippen molar-refractivity contribution in [2.45, 2.75) is 81.1 Å². The zero-order valence-corrected chi connectivity index (χ0v) is 17.6. The number of piperidine rings is 2. The van der Waals surface area contributed by atoms with Gasteiger partial charge in [0.2, 0.25) is 0 Å². The van der Waals surface area contributed by atoms with Gasteiger partial charge in [0.05, 0.1) is 0 Å². The number of carbonyl (C=O) groups excluding carboxylic acids is 1. The first-order chi connectivity index (χ1) is 12.1. The largest absolute Gasteiger partial charge is 0.444 e. The van der Waals surface area contributed by atoms with Crippen LogP contribution >= 0.6 is 24.2 Å². The fourth-order valence-electron chi connectivity index (χ4n) is 4.23. The predicted octanol–water partition coefficient (Wildman–Crippen LogP) is 4.86. The Morgan fingerprint density at radius 3 is 2.04 bits per heavy atom. The minimum atomic E-state index is -0.399. The highest BCUT2D eigenvalue weighted by Crippen LogP contribution is 2.49. The molecule has 3 fully saturated rings. The number of halogens is 1. The summed E-state index contributed by atoms with van der Waals surface area (Å²) in [6.45, 7) is 5.76. The van der Waals surface area contributed by atoms with Gasteiger partial charge >= 0.3 is 6.09 Å². The second-order valence-electron chi connectivity index (χ2n) is 8.57. The molecule has 6 heteroatoms. The predicted molar refractivity (Wildman–Crippen MR) is 108 cm³/mol. The van der Waals surface area contributed by atoms with Gasteiger partial charge in [0, 0.05) is 41.1 Å². The van der Waals surface area contributed by atoms with Crippen LogP contribution in [0.4, 0.5) is 4.79 Å². The third kappa shape index (κ3) is 4.49. The molecule has 2 unspecified atom stereocenters. The van der Waals surface area contributed by atoms with E-state index in [9.17, 15) is 4.79 Å². The van der Waals surface area contributed by atoms with Crippen molar-refractivity contribution < 1.29 is 9.53 Å². The first kappa shape index (κ1) is 19.8. The zero-order chi connectivity index (χ0) is 19.1. The van der Waals surface area contributed by atoms with Crippen molar-refractivity contribution in [3.63, 3.8) is 0 Å². The Hall–Kier alpha value is -0.910. The van der Waals surface area contributed by atoms with Crippen LogP contribution in [0.25, 0.3) is 0 Å². The number of thiol groups is 1. The fraction of sp³-hybridized carbons (Fsp3) is 0.650. The van der Waals surface area contributed by atoms with Gasteiger partial charge in [-0.2, -0.15) is 0 Å². The highest BCUT2D eigenvalue weighted by molar-refractivity contribution is 7.80. The summed E-state index contributed by atoms with van der Waals surface area (Å²) in [5.74, 6) is 0. The van der Waals surface area contributed by atoms with Crippen LogP contribution < -0.4 is 0 Å². The van der Waals surface area contributed by atoms with E-state index in [-0.39, 0.29) is 6.09 Å². The second kappa shape index (κ2) is 7.61. The van der Waals surface area contributed by atoms with Crippen LogP contribution in [-0.2, 0) is 4.74 Å². The van der Waals surface area contributed by atoms with Crippen LogP contribution in [0.15, 0.2) is 29.2 Å². The first-order valence-electron chi connectivity index (χ1n) is 9.32. The van der Waals surface area contributed by atoms with E-state index < -0.39 is 5.60 Å². The monoisotopic (exact) mass is 396 g/mol. The summed E-state index contributed by atoms with van der Waals surface area (Å²) in [4.78, 5) is 17.5. The number of ether oxygens (including phenoxy) is 1. The molecule has 1 aromatic rings. The van der Waals surface area contributed by atoms with Crippen LogP contribution in [0.1, 0.15) is 46.5 Å². The van der Waals surface area contributed by atoms with Crippen LogP contribution in [0.2, 0.25) is 5.02 Å². The van der Waals surface area contributed by atoms with Gasteiger partial charge in [0.25, 0.3) is 0 Å². The van der Waals surface area contributed by atoms with E-state index in [1.165, 1.54) is 12.8 Å². The Balaban J connectivity index is 0.000000206. The first-order valence-corrected chi connectivity index (χ1v) is 10.1. The lowest BCUT2D eigenvalue weighted by atomic mass is 9.68. The zero-order valence-electron chi connectivity index (χ0n) is 16.0. The van der Waals surface area contributed by atoms with E-state index in [1.807, 2.05) is 57.0 Å². The van der Waals surface area contributed by atoms with E-state index in [0.717, 1.165) is 40.9 Å². The molecule has 4 rings (SSSR count). The van der Waals surface area contributed by atoms with Gasteiger partial charge in [-0.15, -0.1) is 12.6 Å². The number of nitrogens with zero attached hydrogens (tertiary/aromatic N) is 2. The summed E-state index contributed by atoms with van der Waals surface area (Å²) in [5.41, 5.74) is -0.399. The number of carbonyl (C=O) groups is 1. The standard InChI is InChI=1S/C14H24N2O2.C6H5ClS/c1-14(2,3)18-13(17)15(4)9-5-10-7-12-8-11(6-9)16(10)12;7-5-1-3-6(8)4-2-5/h9-12H,5-8H2,1-4H3;1-4,8H. The van der Waals surface area contributed by atoms with Crippen molar-refractivity contribution in [3.8, 4) is 0 Å². The molecule has 0 spiro atoms. The molecular formula is C20H29ClN2O2S. The number of amides is 1. The van der Waals surface area contributed by atoms with Crippen molar-refractivity contribution in [2.24, 2.45) is 0 Å². The summed E-state index contributed by atoms with van der Waals surface area (Å²) in [6, 6.07) is 10.0. The Bertz CT molecular complexity index is 609. The van der Waals surface area contributed by atoms with Gasteiger partial charge in [0.1, 0.15) is 5.60 Å². The number of hydrogen-bond donors (Lipinski definition) is 1. The average molecular weight is 397 g/mol. The average Bonchev–Trinajstić information content (AvgIpc) is 2.50. The molecule has 3 heterocycles. The highest BCUT2D eigenvalue weighted by Gasteiger charge is 2.55. The minimum Gasteiger partial charge on any atom is -0.444 e. The normalized spacial score (nSPS) is 29.3. The molecule has 26 heavy (non-hydrogen) atoms. The Morgan fingerprint density at radius 2 is 1.62 bits per heavy atom. The van der Waals surface area contributed by atoms with E-state index in [1.54, 1.807) is 0 Å². The maximum absolute atomic E-state index is 12.1. The van der Waals surface area contributed by atoms with E-state index in [2.05, 4.69) is 17.5 Å². The third-order valence-electron chi connectivity index (χ3n) is 5.50. The molecule has 0 saturated carbocycles. The summed E-state index contributed by atoms with van der Waals surface area (Å²) in [7, 11) is 1.89. The molecular weight excluding hydrogens is 368 g/mol. The molecule has 1 aromatic carbocycles. The lowest BCUT2D eigenvalue weighted by Crippen LogP contribution is -2.74. The van der Waals surface area contributed by atoms with E-state index in [4.69, 9.17) is 16.3 Å². The van der Waals surface area contributed by atoms with Crippen molar-refractivity contribution in [3.05, 3.63) is 29.3 Å². The number of hydrogen-bond acceptors (Lipinski definition) is 4. The summed E-state index contributed by atoms with van der Waals surface area (Å²) in [6.07, 6.45) is 4.77. The minimum absolute atomic E-state index is 0.170. The molecule has 0 bridgehead atoms. The molecule has 0 N–H and O–H groups in total. The molecule has 3 aliphatic heterocycles. The van der Waals surface area contributed by atoms with Crippen LogP contribution in [0.3, 0.4) is 0 Å². The van der Waals surface area contributed by atoms with Gasteiger partial charge < -0.3 is 9.64 Å². The molecule has 1 amide bonds. The van der Waals surface area contributed by atoms with Crippen LogP contribution in [0.5, 0.6) is 0 Å². The van der Waals surface area contributed by atoms with Gasteiger partial charge in [-0.3, -0.25) is 4.90 Å². The Labute approximate surface area is 167 Å². The molecule has 2 atom stereocenters. The molecule has 0 aliphatic carbocycles.